The predicted octanol–water partition coefficient (Wildman–Crippen LogP) is 0.729. The normalized spacial score (nSPS) is 15.7. The Labute approximate surface area is 60.0 Å². The molecule has 10 heavy (non-hydrogen) atoms. The second-order valence-electron chi connectivity index (χ2n) is 2.09. The van der Waals surface area contributed by atoms with Crippen molar-refractivity contribution in [1.29, 1.82) is 0 Å². The maximum Gasteiger partial charge on any atom is 0.325 e. The summed E-state index contributed by atoms with van der Waals surface area (Å²) in [4.78, 5) is 3.70. The molecule has 1 aliphatic rings. The monoisotopic (exact) mass is 133 g/mol. The van der Waals surface area contributed by atoms with Gasteiger partial charge in [0.25, 0.3) is 5.71 Å². The minimum atomic E-state index is 0.705. The molecule has 0 fully saturated rings. The second-order valence-corrected chi connectivity index (χ2v) is 2.09. The highest BCUT2D eigenvalue weighted by molar-refractivity contribution is 5.90. The van der Waals surface area contributed by atoms with Gasteiger partial charge in [-0.3, -0.25) is 0 Å². The average molecular weight is 133 g/mol. The van der Waals surface area contributed by atoms with Crippen LogP contribution in [0.1, 0.15) is 13.3 Å². The van der Waals surface area contributed by atoms with Gasteiger partial charge < -0.3 is 0 Å². The number of hydrogen-bond donors (Lipinski definition) is 0. The fourth-order valence-corrected chi connectivity index (χ4v) is 0.651. The van der Waals surface area contributed by atoms with Crippen LogP contribution in [0.5, 0.6) is 0 Å². The Morgan fingerprint density at radius 2 is 2.60 bits per heavy atom. The van der Waals surface area contributed by atoms with Crippen LogP contribution in [0.3, 0.4) is 0 Å². The summed E-state index contributed by atoms with van der Waals surface area (Å²) in [5.41, 5.74) is 4.73. The molecule has 0 bridgehead atoms. The first-order valence-electron chi connectivity index (χ1n) is 3.11. The summed E-state index contributed by atoms with van der Waals surface area (Å²) < 4.78 is 4.10. The van der Waals surface area contributed by atoms with Gasteiger partial charge in [0.15, 0.2) is 5.70 Å². The van der Waals surface area contributed by atoms with Crippen molar-refractivity contribution in [3.8, 4) is 0 Å². The van der Waals surface area contributed by atoms with E-state index in [9.17, 15) is 0 Å². The number of aliphatic imine (C=N–C) groups is 1. The van der Waals surface area contributed by atoms with Gasteiger partial charge in [0, 0.05) is 6.92 Å². The highest BCUT2D eigenvalue weighted by Gasteiger charge is 2.01. The van der Waals surface area contributed by atoms with Crippen molar-refractivity contribution in [1.82, 2.24) is 4.67 Å². The van der Waals surface area contributed by atoms with E-state index in [0.29, 0.717) is 5.70 Å². The molecular weight excluding hydrogens is 124 g/mol. The fourth-order valence-electron chi connectivity index (χ4n) is 0.651. The van der Waals surface area contributed by atoms with Crippen LogP contribution >= 0.6 is 0 Å². The molecule has 0 spiro atoms. The fraction of sp³-hybridized carbons (Fsp3) is 0.250. The topological polar surface area (TPSA) is 26.5 Å². The molecule has 1 aliphatic heterocycles. The zero-order chi connectivity index (χ0) is 7.40. The van der Waals surface area contributed by atoms with Gasteiger partial charge in [-0.2, -0.15) is 0 Å². The van der Waals surface area contributed by atoms with E-state index >= 15 is 0 Å². The first-order valence-corrected chi connectivity index (χ1v) is 3.11. The number of hydrogen-bond acceptors (Lipinski definition) is 1. The van der Waals surface area contributed by atoms with Crippen molar-refractivity contribution in [3.05, 3.63) is 17.5 Å². The molecule has 0 atom stereocenters. The van der Waals surface area contributed by atoms with E-state index < -0.39 is 0 Å². The molecule has 2 nitrogen and oxygen atoms in total. The van der Waals surface area contributed by atoms with Gasteiger partial charge in [0.05, 0.1) is 6.42 Å². The lowest BCUT2D eigenvalue weighted by Gasteiger charge is -1.70. The maximum atomic E-state index is 4.10. The molecular formula is C8H9N2+. The third-order valence-electron chi connectivity index (χ3n) is 1.22. The molecule has 0 aromatic rings. The Bertz CT molecular complexity index is 272. The summed E-state index contributed by atoms with van der Waals surface area (Å²) in [6.07, 6.45) is 4.44. The molecule has 0 aromatic carbocycles. The molecule has 0 aliphatic carbocycles. The lowest BCUT2D eigenvalue weighted by Crippen LogP contribution is -1.92. The largest absolute Gasteiger partial charge is 0.325 e. The van der Waals surface area contributed by atoms with Crippen LogP contribution in [0.25, 0.3) is 0 Å². The van der Waals surface area contributed by atoms with Crippen molar-refractivity contribution in [2.75, 3.05) is 0 Å². The second kappa shape index (κ2) is 2.98. The van der Waals surface area contributed by atoms with Crippen molar-refractivity contribution >= 4 is 18.6 Å². The van der Waals surface area contributed by atoms with Crippen LogP contribution in [-0.4, -0.2) is 18.6 Å². The minimum absolute atomic E-state index is 0.705. The molecule has 0 saturated carbocycles. The summed E-state index contributed by atoms with van der Waals surface area (Å²) in [7, 11) is 0. The van der Waals surface area contributed by atoms with Crippen LogP contribution in [0, 0.1) is 0 Å². The summed E-state index contributed by atoms with van der Waals surface area (Å²) in [6, 6.07) is 0. The van der Waals surface area contributed by atoms with Gasteiger partial charge in [0.1, 0.15) is 0 Å². The highest BCUT2D eigenvalue weighted by Crippen LogP contribution is 1.91. The Morgan fingerprint density at radius 3 is 3.30 bits per heavy atom. The van der Waals surface area contributed by atoms with E-state index in [-0.39, 0.29) is 0 Å². The average Bonchev–Trinajstić information content (AvgIpc) is 2.14. The smallest absolute Gasteiger partial charge is 0.249 e. The maximum absolute atomic E-state index is 4.10. The molecule has 0 unspecified atom stereocenters. The summed E-state index contributed by atoms with van der Waals surface area (Å²) in [5.74, 6) is 0. The SMILES string of the molecule is C=NC1=C=CCC(C)=[N+]=C1. The van der Waals surface area contributed by atoms with E-state index in [4.69, 9.17) is 0 Å². The predicted molar refractivity (Wildman–Crippen MR) is 44.6 cm³/mol. The van der Waals surface area contributed by atoms with Crippen LogP contribution in [0.4, 0.5) is 0 Å². The van der Waals surface area contributed by atoms with Crippen molar-refractivity contribution in [2.45, 2.75) is 13.3 Å². The van der Waals surface area contributed by atoms with E-state index in [1.165, 1.54) is 0 Å². The zero-order valence-corrected chi connectivity index (χ0v) is 5.96. The summed E-state index contributed by atoms with van der Waals surface area (Å²) >= 11 is 0. The Morgan fingerprint density at radius 1 is 1.80 bits per heavy atom. The van der Waals surface area contributed by atoms with Crippen LogP contribution in [0.2, 0.25) is 0 Å². The van der Waals surface area contributed by atoms with Gasteiger partial charge >= 0.3 is 6.21 Å². The van der Waals surface area contributed by atoms with E-state index in [2.05, 4.69) is 22.1 Å². The minimum Gasteiger partial charge on any atom is -0.249 e. The molecule has 50 valence electrons. The van der Waals surface area contributed by atoms with Crippen LogP contribution in [0.15, 0.2) is 22.5 Å². The Kier molecular flexibility index (Phi) is 2.01. The van der Waals surface area contributed by atoms with Crippen LogP contribution < -0.4 is 4.67 Å². The highest BCUT2D eigenvalue weighted by atomic mass is 14.7. The molecule has 0 amide bonds. The molecule has 2 heteroatoms. The van der Waals surface area contributed by atoms with Crippen molar-refractivity contribution < 1.29 is 0 Å². The Balaban J connectivity index is 3.04. The van der Waals surface area contributed by atoms with Gasteiger partial charge in [-0.1, -0.05) is 10.4 Å². The summed E-state index contributed by atoms with van der Waals surface area (Å²) in [6.45, 7) is 5.35. The number of allylic oxidation sites excluding steroid dienone is 1. The van der Waals surface area contributed by atoms with Gasteiger partial charge in [-0.25, -0.2) is 4.99 Å². The third kappa shape index (κ3) is 1.56. The summed E-state index contributed by atoms with van der Waals surface area (Å²) in [5, 5.41) is 0. The molecule has 0 aromatic heterocycles. The van der Waals surface area contributed by atoms with E-state index in [1.807, 2.05) is 13.0 Å². The van der Waals surface area contributed by atoms with Gasteiger partial charge in [-0.05, 0) is 12.8 Å². The lowest BCUT2D eigenvalue weighted by molar-refractivity contribution is 1.42. The number of nitrogens with zero attached hydrogens (tertiary/aromatic N) is 2. The molecule has 1 heterocycles. The number of rotatable bonds is 1. The zero-order valence-electron chi connectivity index (χ0n) is 5.96. The molecule has 0 saturated heterocycles. The first-order chi connectivity index (χ1) is 4.83. The third-order valence-corrected chi connectivity index (χ3v) is 1.22. The Hall–Kier alpha value is -1.36. The van der Waals surface area contributed by atoms with E-state index in [1.54, 1.807) is 6.21 Å². The standard InChI is InChI=1S/C8H9N2/c1-7-4-3-5-8(9-2)6-10-7/h3,6H,2,4H2,1H3/q+1. The van der Waals surface area contributed by atoms with Crippen molar-refractivity contribution in [3.63, 3.8) is 0 Å². The first kappa shape index (κ1) is 6.76. The van der Waals surface area contributed by atoms with E-state index in [0.717, 1.165) is 12.1 Å². The van der Waals surface area contributed by atoms with Gasteiger partial charge in [-0.15, -0.1) is 0 Å². The van der Waals surface area contributed by atoms with Crippen molar-refractivity contribution in [2.24, 2.45) is 4.99 Å². The molecule has 1 rings (SSSR count). The van der Waals surface area contributed by atoms with Gasteiger partial charge in [0.2, 0.25) is 0 Å². The van der Waals surface area contributed by atoms with Crippen LogP contribution in [-0.2, 0) is 0 Å². The lowest BCUT2D eigenvalue weighted by atomic mass is 10.3. The molecule has 0 radical (unpaired) electrons. The quantitative estimate of drug-likeness (QED) is 0.286. The molecule has 0 N–H and O–H groups in total.